The van der Waals surface area contributed by atoms with Gasteiger partial charge in [0, 0.05) is 22.6 Å². The molecule has 1 aromatic carbocycles. The molecule has 0 bridgehead atoms. The second kappa shape index (κ2) is 3.32. The van der Waals surface area contributed by atoms with E-state index in [0.29, 0.717) is 6.04 Å². The Bertz CT molecular complexity index is 557. The summed E-state index contributed by atoms with van der Waals surface area (Å²) in [5.41, 5.74) is 4.61. The number of aryl methyl sites for hydroxylation is 2. The van der Waals surface area contributed by atoms with Crippen LogP contribution in [0.1, 0.15) is 29.3 Å². The van der Waals surface area contributed by atoms with Gasteiger partial charge < -0.3 is 10.3 Å². The van der Waals surface area contributed by atoms with Crippen LogP contribution in [0.25, 0.3) is 10.9 Å². The van der Waals surface area contributed by atoms with Crippen LogP contribution < -0.4 is 5.32 Å². The molecule has 1 aliphatic carbocycles. The molecule has 0 radical (unpaired) electrons. The molecule has 16 heavy (non-hydrogen) atoms. The van der Waals surface area contributed by atoms with Crippen LogP contribution in [0.2, 0.25) is 0 Å². The Kier molecular flexibility index (Phi) is 2.04. The van der Waals surface area contributed by atoms with Crippen molar-refractivity contribution in [1.82, 2.24) is 10.3 Å². The fourth-order valence-corrected chi connectivity index (χ4v) is 2.82. The highest BCUT2D eigenvalue weighted by Crippen LogP contribution is 2.37. The third kappa shape index (κ3) is 1.21. The predicted octanol–water partition coefficient (Wildman–Crippen LogP) is 2.82. The van der Waals surface area contributed by atoms with Gasteiger partial charge in [-0.15, -0.1) is 0 Å². The molecule has 3 rings (SSSR count). The number of aromatic amines is 1. The minimum atomic E-state index is -0.145. The van der Waals surface area contributed by atoms with E-state index in [0.717, 1.165) is 29.3 Å². The van der Waals surface area contributed by atoms with E-state index < -0.39 is 0 Å². The highest BCUT2D eigenvalue weighted by atomic mass is 19.1. The molecule has 2 aromatic rings. The molecule has 0 saturated heterocycles. The second-order valence-electron chi connectivity index (χ2n) is 4.54. The van der Waals surface area contributed by atoms with Crippen LogP contribution in [0.3, 0.4) is 0 Å². The Labute approximate surface area is 93.9 Å². The lowest BCUT2D eigenvalue weighted by molar-refractivity contribution is 0.592. The van der Waals surface area contributed by atoms with Crippen LogP contribution >= 0.6 is 0 Å². The van der Waals surface area contributed by atoms with Crippen molar-refractivity contribution < 1.29 is 4.39 Å². The van der Waals surface area contributed by atoms with E-state index >= 15 is 0 Å². The van der Waals surface area contributed by atoms with E-state index in [9.17, 15) is 4.39 Å². The Morgan fingerprint density at radius 3 is 3.00 bits per heavy atom. The van der Waals surface area contributed by atoms with E-state index in [1.165, 1.54) is 11.3 Å². The first-order chi connectivity index (χ1) is 7.70. The summed E-state index contributed by atoms with van der Waals surface area (Å²) in [5, 5.41) is 4.34. The molecule has 2 N–H and O–H groups in total. The zero-order chi connectivity index (χ0) is 11.3. The van der Waals surface area contributed by atoms with Crippen LogP contribution in [0, 0.1) is 12.7 Å². The summed E-state index contributed by atoms with van der Waals surface area (Å²) in [6.45, 7) is 1.95. The topological polar surface area (TPSA) is 27.8 Å². The number of nitrogens with one attached hydrogen (secondary N) is 2. The number of hydrogen-bond donors (Lipinski definition) is 2. The first-order valence-corrected chi connectivity index (χ1v) is 5.68. The van der Waals surface area contributed by atoms with Crippen molar-refractivity contribution in [2.75, 3.05) is 7.05 Å². The summed E-state index contributed by atoms with van der Waals surface area (Å²) in [4.78, 5) is 3.43. The second-order valence-corrected chi connectivity index (χ2v) is 4.54. The molecule has 0 aliphatic heterocycles. The number of hydrogen-bond acceptors (Lipinski definition) is 1. The van der Waals surface area contributed by atoms with Crippen LogP contribution in [0.4, 0.5) is 4.39 Å². The number of H-pyrrole nitrogens is 1. The highest BCUT2D eigenvalue weighted by Gasteiger charge is 2.26. The van der Waals surface area contributed by atoms with Gasteiger partial charge in [-0.1, -0.05) is 0 Å². The van der Waals surface area contributed by atoms with Crippen molar-refractivity contribution in [2.45, 2.75) is 25.8 Å². The average Bonchev–Trinajstić information content (AvgIpc) is 2.77. The third-order valence-corrected chi connectivity index (χ3v) is 3.57. The molecule has 1 aliphatic rings. The van der Waals surface area contributed by atoms with Gasteiger partial charge in [-0.25, -0.2) is 4.39 Å². The number of rotatable bonds is 1. The van der Waals surface area contributed by atoms with Crippen LogP contribution in [0.15, 0.2) is 12.1 Å². The number of aromatic nitrogens is 1. The van der Waals surface area contributed by atoms with Gasteiger partial charge in [0.15, 0.2) is 0 Å². The van der Waals surface area contributed by atoms with Gasteiger partial charge in [-0.2, -0.15) is 0 Å². The molecule has 0 fully saturated rings. The number of fused-ring (bicyclic) bond motifs is 3. The predicted molar refractivity (Wildman–Crippen MR) is 63.1 cm³/mol. The average molecular weight is 218 g/mol. The van der Waals surface area contributed by atoms with E-state index in [1.54, 1.807) is 12.1 Å². The van der Waals surface area contributed by atoms with Crippen molar-refractivity contribution in [3.05, 3.63) is 34.8 Å². The Balaban J connectivity index is 2.33. The van der Waals surface area contributed by atoms with Crippen molar-refractivity contribution in [3.63, 3.8) is 0 Å². The molecule has 1 heterocycles. The van der Waals surface area contributed by atoms with Gasteiger partial charge in [0.1, 0.15) is 5.82 Å². The summed E-state index contributed by atoms with van der Waals surface area (Å²) in [5.74, 6) is -0.145. The lowest BCUT2D eigenvalue weighted by atomic mass is 10.1. The largest absolute Gasteiger partial charge is 0.358 e. The van der Waals surface area contributed by atoms with Crippen molar-refractivity contribution in [2.24, 2.45) is 0 Å². The summed E-state index contributed by atoms with van der Waals surface area (Å²) < 4.78 is 13.4. The summed E-state index contributed by atoms with van der Waals surface area (Å²) in [7, 11) is 1.96. The first kappa shape index (κ1) is 9.85. The van der Waals surface area contributed by atoms with E-state index in [2.05, 4.69) is 10.3 Å². The molecule has 1 unspecified atom stereocenters. The van der Waals surface area contributed by atoms with E-state index in [-0.39, 0.29) is 5.82 Å². The standard InChI is InChI=1S/C13H15FN2/c1-7-5-8(14)6-9-12-10(15-2)3-4-11(12)16-13(7)9/h5-6,10,15-16H,3-4H2,1-2H3. The Morgan fingerprint density at radius 1 is 1.44 bits per heavy atom. The summed E-state index contributed by atoms with van der Waals surface area (Å²) in [6, 6.07) is 3.60. The quantitative estimate of drug-likeness (QED) is 0.756. The molecule has 0 amide bonds. The Morgan fingerprint density at radius 2 is 2.25 bits per heavy atom. The molecule has 84 valence electrons. The van der Waals surface area contributed by atoms with Crippen molar-refractivity contribution in [1.29, 1.82) is 0 Å². The molecule has 1 atom stereocenters. The lowest BCUT2D eigenvalue weighted by Gasteiger charge is -2.09. The van der Waals surface area contributed by atoms with Crippen molar-refractivity contribution >= 4 is 10.9 Å². The fraction of sp³-hybridized carbons (Fsp3) is 0.385. The molecule has 0 saturated carbocycles. The third-order valence-electron chi connectivity index (χ3n) is 3.57. The molecule has 2 nitrogen and oxygen atoms in total. The van der Waals surface area contributed by atoms with Crippen LogP contribution in [-0.4, -0.2) is 12.0 Å². The van der Waals surface area contributed by atoms with Gasteiger partial charge in [-0.3, -0.25) is 0 Å². The van der Waals surface area contributed by atoms with E-state index in [4.69, 9.17) is 0 Å². The van der Waals surface area contributed by atoms with Gasteiger partial charge in [0.05, 0.1) is 0 Å². The molecular weight excluding hydrogens is 203 g/mol. The normalized spacial score (nSPS) is 19.3. The molecule has 0 spiro atoms. The highest BCUT2D eigenvalue weighted by molar-refractivity contribution is 5.88. The van der Waals surface area contributed by atoms with Crippen molar-refractivity contribution in [3.8, 4) is 0 Å². The summed E-state index contributed by atoms with van der Waals surface area (Å²) >= 11 is 0. The zero-order valence-electron chi connectivity index (χ0n) is 9.52. The number of benzene rings is 1. The van der Waals surface area contributed by atoms with Crippen LogP contribution in [0.5, 0.6) is 0 Å². The maximum absolute atomic E-state index is 13.4. The fourth-order valence-electron chi connectivity index (χ4n) is 2.82. The van der Waals surface area contributed by atoms with Gasteiger partial charge in [-0.05, 0) is 50.1 Å². The molecular formula is C13H15FN2. The van der Waals surface area contributed by atoms with Gasteiger partial charge in [0.25, 0.3) is 0 Å². The molecule has 3 heteroatoms. The van der Waals surface area contributed by atoms with Crippen LogP contribution in [-0.2, 0) is 6.42 Å². The van der Waals surface area contributed by atoms with E-state index in [1.807, 2.05) is 14.0 Å². The minimum absolute atomic E-state index is 0.145. The maximum atomic E-state index is 13.4. The Hall–Kier alpha value is -1.35. The maximum Gasteiger partial charge on any atom is 0.124 e. The van der Waals surface area contributed by atoms with Gasteiger partial charge in [0.2, 0.25) is 0 Å². The van der Waals surface area contributed by atoms with Gasteiger partial charge >= 0.3 is 0 Å². The minimum Gasteiger partial charge on any atom is -0.358 e. The monoisotopic (exact) mass is 218 g/mol. The summed E-state index contributed by atoms with van der Waals surface area (Å²) in [6.07, 6.45) is 2.15. The SMILES string of the molecule is CNC1CCc2[nH]c3c(C)cc(F)cc3c21. The zero-order valence-corrected chi connectivity index (χ0v) is 9.52. The smallest absolute Gasteiger partial charge is 0.124 e. The lowest BCUT2D eigenvalue weighted by Crippen LogP contribution is -2.12. The first-order valence-electron chi connectivity index (χ1n) is 5.68. The molecule has 1 aromatic heterocycles. The number of halogens is 1.